The van der Waals surface area contributed by atoms with Gasteiger partial charge in [0.1, 0.15) is 23.8 Å². The number of nitrogens with zero attached hydrogens (tertiary/aromatic N) is 6. The number of nitrogens with one attached hydrogen (secondary N) is 1. The molecule has 1 saturated heterocycles. The van der Waals surface area contributed by atoms with Crippen LogP contribution in [-0.4, -0.2) is 47.5 Å². The van der Waals surface area contributed by atoms with Gasteiger partial charge in [0.2, 0.25) is 0 Å². The fourth-order valence-electron chi connectivity index (χ4n) is 3.45. The zero-order valence-electron chi connectivity index (χ0n) is 18.0. The van der Waals surface area contributed by atoms with E-state index in [1.807, 2.05) is 25.3 Å². The largest absolute Gasteiger partial charge is 0.496 e. The van der Waals surface area contributed by atoms with Crippen molar-refractivity contribution >= 4 is 35.0 Å². The van der Waals surface area contributed by atoms with Gasteiger partial charge < -0.3 is 10.1 Å². The van der Waals surface area contributed by atoms with Gasteiger partial charge in [-0.3, -0.25) is 29.2 Å². The summed E-state index contributed by atoms with van der Waals surface area (Å²) in [5, 5.41) is 22.5. The lowest BCUT2D eigenvalue weighted by molar-refractivity contribution is -0.385. The Labute approximate surface area is 194 Å². The molecule has 0 radical (unpaired) electrons. The smallest absolute Gasteiger partial charge is 0.307 e. The Morgan fingerprint density at radius 1 is 1.21 bits per heavy atom. The highest BCUT2D eigenvalue weighted by Gasteiger charge is 2.31. The number of hydrogen-bond acceptors (Lipinski definition) is 7. The summed E-state index contributed by atoms with van der Waals surface area (Å²) in [5.74, 6) is 0.371. The Balaban J connectivity index is 1.55. The molecule has 0 bridgehead atoms. The highest BCUT2D eigenvalue weighted by molar-refractivity contribution is 7.80. The molecule has 170 valence electrons. The third-order valence-corrected chi connectivity index (χ3v) is 5.41. The lowest BCUT2D eigenvalue weighted by Gasteiger charge is -2.12. The van der Waals surface area contributed by atoms with Gasteiger partial charge in [0.25, 0.3) is 5.91 Å². The Kier molecular flexibility index (Phi) is 6.18. The minimum absolute atomic E-state index is 0.0916. The number of methoxy groups -OCH3 is 1. The van der Waals surface area contributed by atoms with E-state index in [0.29, 0.717) is 23.1 Å². The quantitative estimate of drug-likeness (QED) is 0.232. The normalized spacial score (nSPS) is 14.7. The van der Waals surface area contributed by atoms with Gasteiger partial charge in [0.05, 0.1) is 31.3 Å². The highest BCUT2D eigenvalue weighted by Crippen LogP contribution is 2.24. The molecule has 3 heterocycles. The second-order valence-corrected chi connectivity index (χ2v) is 7.69. The summed E-state index contributed by atoms with van der Waals surface area (Å²) < 4.78 is 8.66. The van der Waals surface area contributed by atoms with Crippen LogP contribution < -0.4 is 10.1 Å². The van der Waals surface area contributed by atoms with Gasteiger partial charge in [-0.1, -0.05) is 6.07 Å². The fraction of sp³-hybridized carbons (Fsp3) is 0.238. The zero-order chi connectivity index (χ0) is 23.5. The van der Waals surface area contributed by atoms with Gasteiger partial charge in [0.15, 0.2) is 5.11 Å². The van der Waals surface area contributed by atoms with E-state index in [-0.39, 0.29) is 18.1 Å². The number of rotatable bonds is 8. The first kappa shape index (κ1) is 22.1. The van der Waals surface area contributed by atoms with E-state index in [1.165, 1.54) is 22.0 Å². The van der Waals surface area contributed by atoms with Crippen LogP contribution in [0.3, 0.4) is 0 Å². The number of carbonyl (C=O) groups is 1. The Morgan fingerprint density at radius 2 is 2.00 bits per heavy atom. The van der Waals surface area contributed by atoms with E-state index in [4.69, 9.17) is 17.0 Å². The van der Waals surface area contributed by atoms with E-state index in [1.54, 1.807) is 30.1 Å². The van der Waals surface area contributed by atoms with Gasteiger partial charge in [0, 0.05) is 23.9 Å². The molecule has 1 fully saturated rings. The van der Waals surface area contributed by atoms with Crippen LogP contribution in [-0.2, 0) is 24.4 Å². The number of ether oxygens (including phenoxy) is 1. The third kappa shape index (κ3) is 4.75. The standard InChI is InChI=1S/C21H21N7O4S/c1-3-25-10-15(8-22-25)11-27-20(29)18(24-21(27)33)7-14-4-5-19(32-2)16(6-14)12-26-13-17(9-23-26)28(30)31/h4-10,13H,3,11-12H2,1-2H3,(H,24,33)/b18-7+. The number of amides is 1. The van der Waals surface area contributed by atoms with Crippen LogP contribution in [0.4, 0.5) is 5.69 Å². The molecule has 0 spiro atoms. The molecule has 1 N–H and O–H groups in total. The molecule has 0 aliphatic carbocycles. The maximum atomic E-state index is 12.9. The maximum absolute atomic E-state index is 12.9. The summed E-state index contributed by atoms with van der Waals surface area (Å²) in [6.07, 6.45) is 7.85. The fourth-order valence-corrected chi connectivity index (χ4v) is 3.70. The van der Waals surface area contributed by atoms with Crippen LogP contribution in [0.2, 0.25) is 0 Å². The Bertz CT molecular complexity index is 1260. The second kappa shape index (κ2) is 9.20. The van der Waals surface area contributed by atoms with E-state index in [9.17, 15) is 14.9 Å². The van der Waals surface area contributed by atoms with E-state index in [0.717, 1.165) is 23.2 Å². The molecular formula is C21H21N7O4S. The number of thiocarbonyl (C=S) groups is 1. The molecule has 1 aromatic carbocycles. The van der Waals surface area contributed by atoms with Gasteiger partial charge in [-0.2, -0.15) is 10.2 Å². The number of nitro groups is 1. The summed E-state index contributed by atoms with van der Waals surface area (Å²) in [5.41, 5.74) is 2.64. The van der Waals surface area contributed by atoms with Crippen molar-refractivity contribution in [2.24, 2.45) is 0 Å². The molecular weight excluding hydrogens is 446 g/mol. The minimum atomic E-state index is -0.499. The summed E-state index contributed by atoms with van der Waals surface area (Å²) >= 11 is 5.36. The topological polar surface area (TPSA) is 120 Å². The molecule has 33 heavy (non-hydrogen) atoms. The van der Waals surface area contributed by atoms with Crippen molar-refractivity contribution in [3.8, 4) is 5.75 Å². The van der Waals surface area contributed by atoms with Crippen molar-refractivity contribution in [2.75, 3.05) is 7.11 Å². The van der Waals surface area contributed by atoms with Crippen LogP contribution >= 0.6 is 12.2 Å². The maximum Gasteiger partial charge on any atom is 0.307 e. The summed E-state index contributed by atoms with van der Waals surface area (Å²) in [6, 6.07) is 5.42. The van der Waals surface area contributed by atoms with Crippen LogP contribution in [0.1, 0.15) is 23.6 Å². The summed E-state index contributed by atoms with van der Waals surface area (Å²) in [4.78, 5) is 24.9. The predicted molar refractivity (Wildman–Crippen MR) is 123 cm³/mol. The molecule has 1 aliphatic rings. The van der Waals surface area contributed by atoms with Crippen molar-refractivity contribution in [1.29, 1.82) is 0 Å². The average Bonchev–Trinajstić information content (AvgIpc) is 3.51. The van der Waals surface area contributed by atoms with Crippen molar-refractivity contribution < 1.29 is 14.5 Å². The number of benzene rings is 1. The van der Waals surface area contributed by atoms with Gasteiger partial charge in [-0.25, -0.2) is 0 Å². The second-order valence-electron chi connectivity index (χ2n) is 7.31. The average molecular weight is 468 g/mol. The molecule has 2 aromatic heterocycles. The van der Waals surface area contributed by atoms with E-state index >= 15 is 0 Å². The lowest BCUT2D eigenvalue weighted by Crippen LogP contribution is -2.29. The zero-order valence-corrected chi connectivity index (χ0v) is 18.8. The SMILES string of the molecule is CCn1cc(CN2C(=O)/C(=C\c3ccc(OC)c(Cn4cc([N+](=O)[O-])cn4)c3)NC2=S)cn1. The van der Waals surface area contributed by atoms with Crippen LogP contribution in [0.15, 0.2) is 48.7 Å². The molecule has 3 aromatic rings. The third-order valence-electron chi connectivity index (χ3n) is 5.09. The number of aryl methyl sites for hydroxylation is 1. The van der Waals surface area contributed by atoms with Crippen molar-refractivity contribution in [3.05, 3.63) is 75.5 Å². The van der Waals surface area contributed by atoms with Crippen molar-refractivity contribution in [2.45, 2.75) is 26.6 Å². The van der Waals surface area contributed by atoms with Crippen LogP contribution in [0, 0.1) is 10.1 Å². The monoisotopic (exact) mass is 467 g/mol. The molecule has 1 amide bonds. The molecule has 1 aliphatic heterocycles. The molecule has 0 saturated carbocycles. The van der Waals surface area contributed by atoms with E-state index < -0.39 is 4.92 Å². The van der Waals surface area contributed by atoms with Crippen LogP contribution in [0.25, 0.3) is 6.08 Å². The lowest BCUT2D eigenvalue weighted by atomic mass is 10.1. The number of hydrogen-bond donors (Lipinski definition) is 1. The van der Waals surface area contributed by atoms with E-state index in [2.05, 4.69) is 15.5 Å². The van der Waals surface area contributed by atoms with Gasteiger partial charge >= 0.3 is 5.69 Å². The molecule has 4 rings (SSSR count). The molecule has 11 nitrogen and oxygen atoms in total. The van der Waals surface area contributed by atoms with Gasteiger partial charge in [-0.05, 0) is 42.9 Å². The van der Waals surface area contributed by atoms with Crippen LogP contribution in [0.5, 0.6) is 5.75 Å². The Hall–Kier alpha value is -4.06. The number of aromatic nitrogens is 4. The van der Waals surface area contributed by atoms with Crippen molar-refractivity contribution in [1.82, 2.24) is 29.8 Å². The van der Waals surface area contributed by atoms with Gasteiger partial charge in [-0.15, -0.1) is 0 Å². The molecule has 0 unspecified atom stereocenters. The number of carbonyl (C=O) groups excluding carboxylic acids is 1. The highest BCUT2D eigenvalue weighted by atomic mass is 32.1. The minimum Gasteiger partial charge on any atom is -0.496 e. The summed E-state index contributed by atoms with van der Waals surface area (Å²) in [6.45, 7) is 3.32. The molecule has 0 atom stereocenters. The first-order valence-electron chi connectivity index (χ1n) is 10.1. The predicted octanol–water partition coefficient (Wildman–Crippen LogP) is 2.32. The van der Waals surface area contributed by atoms with Crippen molar-refractivity contribution in [3.63, 3.8) is 0 Å². The summed E-state index contributed by atoms with van der Waals surface area (Å²) in [7, 11) is 1.54. The first-order valence-corrected chi connectivity index (χ1v) is 10.5. The first-order chi connectivity index (χ1) is 15.9. The Morgan fingerprint density at radius 3 is 2.67 bits per heavy atom. The molecule has 12 heteroatoms.